The first-order valence-electron chi connectivity index (χ1n) is 4.86. The summed E-state index contributed by atoms with van der Waals surface area (Å²) in [5.41, 5.74) is 0.723. The van der Waals surface area contributed by atoms with Gasteiger partial charge in [0, 0.05) is 5.56 Å². The SMILES string of the molecule is CCSCCC(O)c1cccc(Cl)c1Cl. The molecule has 1 N–H and O–H groups in total. The van der Waals surface area contributed by atoms with Crippen LogP contribution in [0.4, 0.5) is 0 Å². The quantitative estimate of drug-likeness (QED) is 0.806. The summed E-state index contributed by atoms with van der Waals surface area (Å²) in [4.78, 5) is 0. The molecule has 0 amide bonds. The van der Waals surface area contributed by atoms with Crippen LogP contribution < -0.4 is 0 Å². The number of aliphatic hydroxyl groups is 1. The molecule has 0 bridgehead atoms. The van der Waals surface area contributed by atoms with Crippen LogP contribution in [-0.4, -0.2) is 16.6 Å². The lowest BCUT2D eigenvalue weighted by atomic mass is 10.1. The van der Waals surface area contributed by atoms with Gasteiger partial charge in [0.1, 0.15) is 0 Å². The van der Waals surface area contributed by atoms with E-state index in [4.69, 9.17) is 23.2 Å². The van der Waals surface area contributed by atoms with Gasteiger partial charge < -0.3 is 5.11 Å². The van der Waals surface area contributed by atoms with Gasteiger partial charge >= 0.3 is 0 Å². The van der Waals surface area contributed by atoms with E-state index in [0.29, 0.717) is 16.5 Å². The van der Waals surface area contributed by atoms with E-state index in [9.17, 15) is 5.11 Å². The highest BCUT2D eigenvalue weighted by atomic mass is 35.5. The average Bonchev–Trinajstić information content (AvgIpc) is 2.22. The molecule has 1 nitrogen and oxygen atoms in total. The second-order valence-corrected chi connectivity index (χ2v) is 5.32. The Morgan fingerprint density at radius 1 is 1.40 bits per heavy atom. The van der Waals surface area contributed by atoms with Gasteiger partial charge in [0.25, 0.3) is 0 Å². The zero-order chi connectivity index (χ0) is 11.3. The number of halogens is 2. The van der Waals surface area contributed by atoms with Gasteiger partial charge in [0.05, 0.1) is 16.1 Å². The van der Waals surface area contributed by atoms with E-state index >= 15 is 0 Å². The second-order valence-electron chi connectivity index (χ2n) is 3.14. The molecule has 1 unspecified atom stereocenters. The monoisotopic (exact) mass is 264 g/mol. The minimum Gasteiger partial charge on any atom is -0.388 e. The third-order valence-corrected chi connectivity index (χ3v) is 3.85. The molecule has 0 spiro atoms. The van der Waals surface area contributed by atoms with E-state index in [2.05, 4.69) is 6.92 Å². The van der Waals surface area contributed by atoms with Crippen molar-refractivity contribution in [1.82, 2.24) is 0 Å². The van der Waals surface area contributed by atoms with Crippen LogP contribution in [0.1, 0.15) is 25.0 Å². The van der Waals surface area contributed by atoms with Crippen molar-refractivity contribution in [3.05, 3.63) is 33.8 Å². The molecule has 1 rings (SSSR count). The zero-order valence-electron chi connectivity index (χ0n) is 8.54. The molecule has 0 fully saturated rings. The van der Waals surface area contributed by atoms with Gasteiger partial charge in [-0.1, -0.05) is 42.3 Å². The van der Waals surface area contributed by atoms with Crippen LogP contribution in [-0.2, 0) is 0 Å². The molecule has 0 radical (unpaired) electrons. The summed E-state index contributed by atoms with van der Waals surface area (Å²) >= 11 is 13.7. The third-order valence-electron chi connectivity index (χ3n) is 2.08. The highest BCUT2D eigenvalue weighted by molar-refractivity contribution is 7.99. The highest BCUT2D eigenvalue weighted by Crippen LogP contribution is 2.31. The molecule has 0 aromatic heterocycles. The van der Waals surface area contributed by atoms with Gasteiger partial charge in [-0.2, -0.15) is 11.8 Å². The Hall–Kier alpha value is 0.110. The molecule has 15 heavy (non-hydrogen) atoms. The van der Waals surface area contributed by atoms with Gasteiger partial charge in [0.2, 0.25) is 0 Å². The molecule has 84 valence electrons. The summed E-state index contributed by atoms with van der Waals surface area (Å²) in [6.45, 7) is 2.10. The van der Waals surface area contributed by atoms with E-state index in [-0.39, 0.29) is 0 Å². The van der Waals surface area contributed by atoms with Gasteiger partial charge in [-0.15, -0.1) is 0 Å². The van der Waals surface area contributed by atoms with E-state index in [1.807, 2.05) is 6.07 Å². The first-order chi connectivity index (χ1) is 7.16. The van der Waals surface area contributed by atoms with Crippen molar-refractivity contribution in [1.29, 1.82) is 0 Å². The molecule has 0 saturated heterocycles. The Kier molecular flexibility index (Phi) is 5.83. The Bertz CT molecular complexity index is 317. The molecule has 0 heterocycles. The summed E-state index contributed by atoms with van der Waals surface area (Å²) in [6, 6.07) is 5.34. The molecular weight excluding hydrogens is 251 g/mol. The molecule has 0 aliphatic carbocycles. The number of hydrogen-bond acceptors (Lipinski definition) is 2. The van der Waals surface area contributed by atoms with Gasteiger partial charge in [-0.25, -0.2) is 0 Å². The molecule has 0 saturated carbocycles. The Labute approximate surface area is 105 Å². The molecule has 1 atom stereocenters. The maximum atomic E-state index is 9.90. The lowest BCUT2D eigenvalue weighted by Gasteiger charge is -2.12. The largest absolute Gasteiger partial charge is 0.388 e. The van der Waals surface area contributed by atoms with Crippen LogP contribution in [0.3, 0.4) is 0 Å². The lowest BCUT2D eigenvalue weighted by Crippen LogP contribution is -2.00. The highest BCUT2D eigenvalue weighted by Gasteiger charge is 2.12. The first-order valence-corrected chi connectivity index (χ1v) is 6.77. The average molecular weight is 265 g/mol. The van der Waals surface area contributed by atoms with Crippen molar-refractivity contribution in [2.45, 2.75) is 19.4 Å². The van der Waals surface area contributed by atoms with Crippen LogP contribution in [0.5, 0.6) is 0 Å². The first kappa shape index (κ1) is 13.2. The standard InChI is InChI=1S/C11H14Cl2OS/c1-2-15-7-6-10(14)8-4-3-5-9(12)11(8)13/h3-5,10,14H,2,6-7H2,1H3. The van der Waals surface area contributed by atoms with E-state index in [1.165, 1.54) is 0 Å². The maximum Gasteiger partial charge on any atom is 0.0812 e. The van der Waals surface area contributed by atoms with Gasteiger partial charge in [-0.3, -0.25) is 0 Å². The smallest absolute Gasteiger partial charge is 0.0812 e. The van der Waals surface area contributed by atoms with Crippen LogP contribution in [0.2, 0.25) is 10.0 Å². The Morgan fingerprint density at radius 3 is 2.80 bits per heavy atom. The van der Waals surface area contributed by atoms with E-state index in [0.717, 1.165) is 17.1 Å². The van der Waals surface area contributed by atoms with E-state index in [1.54, 1.807) is 23.9 Å². The van der Waals surface area contributed by atoms with Gasteiger partial charge in [-0.05, 0) is 24.0 Å². The van der Waals surface area contributed by atoms with Crippen LogP contribution in [0.25, 0.3) is 0 Å². The predicted octanol–water partition coefficient (Wildman–Crippen LogP) is 4.17. The Balaban J connectivity index is 2.65. The van der Waals surface area contributed by atoms with Crippen LogP contribution >= 0.6 is 35.0 Å². The van der Waals surface area contributed by atoms with Crippen LogP contribution in [0.15, 0.2) is 18.2 Å². The summed E-state index contributed by atoms with van der Waals surface area (Å²) in [5, 5.41) is 10.9. The topological polar surface area (TPSA) is 20.2 Å². The minimum absolute atomic E-state index is 0.466. The maximum absolute atomic E-state index is 9.90. The zero-order valence-corrected chi connectivity index (χ0v) is 10.9. The second kappa shape index (κ2) is 6.64. The van der Waals surface area contributed by atoms with Crippen molar-refractivity contribution < 1.29 is 5.11 Å². The summed E-state index contributed by atoms with van der Waals surface area (Å²) in [5.74, 6) is 2.00. The van der Waals surface area contributed by atoms with E-state index < -0.39 is 6.10 Å². The number of rotatable bonds is 5. The van der Waals surface area contributed by atoms with Crippen molar-refractivity contribution >= 4 is 35.0 Å². The Morgan fingerprint density at radius 2 is 2.13 bits per heavy atom. The van der Waals surface area contributed by atoms with Crippen molar-refractivity contribution in [3.8, 4) is 0 Å². The molecule has 0 aliphatic rings. The molecule has 0 aliphatic heterocycles. The van der Waals surface area contributed by atoms with Crippen molar-refractivity contribution in [3.63, 3.8) is 0 Å². The number of thioether (sulfide) groups is 1. The summed E-state index contributed by atoms with van der Waals surface area (Å²) < 4.78 is 0. The molecule has 1 aromatic carbocycles. The van der Waals surface area contributed by atoms with Crippen molar-refractivity contribution in [2.75, 3.05) is 11.5 Å². The predicted molar refractivity (Wildman–Crippen MR) is 69.0 cm³/mol. The summed E-state index contributed by atoms with van der Waals surface area (Å²) in [6.07, 6.45) is 0.189. The fraction of sp³-hybridized carbons (Fsp3) is 0.455. The molecular formula is C11H14Cl2OS. The fourth-order valence-corrected chi connectivity index (χ4v) is 2.39. The number of benzene rings is 1. The number of aliphatic hydroxyl groups excluding tert-OH is 1. The lowest BCUT2D eigenvalue weighted by molar-refractivity contribution is 0.175. The number of hydrogen-bond donors (Lipinski definition) is 1. The molecule has 4 heteroatoms. The third kappa shape index (κ3) is 3.87. The molecule has 1 aromatic rings. The van der Waals surface area contributed by atoms with Crippen LogP contribution in [0, 0.1) is 0 Å². The van der Waals surface area contributed by atoms with Crippen molar-refractivity contribution in [2.24, 2.45) is 0 Å². The fourth-order valence-electron chi connectivity index (χ4n) is 1.27. The normalized spacial score (nSPS) is 12.8. The summed E-state index contributed by atoms with van der Waals surface area (Å²) in [7, 11) is 0. The minimum atomic E-state index is -0.518. The van der Waals surface area contributed by atoms with Gasteiger partial charge in [0.15, 0.2) is 0 Å².